The highest BCUT2D eigenvalue weighted by Gasteiger charge is 2.16. The van der Waals surface area contributed by atoms with Gasteiger partial charge in [0, 0.05) is 26.2 Å². The van der Waals surface area contributed by atoms with Crippen LogP contribution in [-0.2, 0) is 11.2 Å². The van der Waals surface area contributed by atoms with Crippen molar-refractivity contribution in [2.45, 2.75) is 13.3 Å². The number of carbonyl (C=O) groups excluding carboxylic acids is 1. The predicted molar refractivity (Wildman–Crippen MR) is 97.3 cm³/mol. The van der Waals surface area contributed by atoms with Crippen LogP contribution in [0.15, 0.2) is 42.6 Å². The number of nitrogens with zero attached hydrogens (tertiary/aromatic N) is 3. The largest absolute Gasteiger partial charge is 0.354 e. The minimum absolute atomic E-state index is 0.137. The molecule has 0 aliphatic carbocycles. The number of likely N-dealkylation sites (N-methyl/N-ethyl adjacent to an activating group) is 1. The number of carbonyl (C=O) groups is 1. The Balaban J connectivity index is 1.54. The Bertz CT molecular complexity index is 712. The third-order valence-electron chi connectivity index (χ3n) is 4.43. The van der Waals surface area contributed by atoms with E-state index in [1.165, 1.54) is 12.1 Å². The van der Waals surface area contributed by atoms with Crippen LogP contribution in [0.25, 0.3) is 0 Å². The number of aromatic nitrogens is 1. The highest BCUT2D eigenvalue weighted by atomic mass is 19.1. The van der Waals surface area contributed by atoms with Gasteiger partial charge in [0.15, 0.2) is 0 Å². The van der Waals surface area contributed by atoms with E-state index in [0.29, 0.717) is 11.3 Å². The first kappa shape index (κ1) is 17.4. The molecular formula is C19H23FN4O. The molecule has 132 valence electrons. The van der Waals surface area contributed by atoms with Gasteiger partial charge in [0.25, 0.3) is 0 Å². The summed E-state index contributed by atoms with van der Waals surface area (Å²) in [7, 11) is 0. The lowest BCUT2D eigenvalue weighted by atomic mass is 10.1. The average molecular weight is 342 g/mol. The van der Waals surface area contributed by atoms with Crippen LogP contribution in [0.1, 0.15) is 12.5 Å². The van der Waals surface area contributed by atoms with Crippen molar-refractivity contribution in [3.63, 3.8) is 0 Å². The van der Waals surface area contributed by atoms with Gasteiger partial charge in [0.05, 0.1) is 18.3 Å². The molecule has 0 radical (unpaired) electrons. The van der Waals surface area contributed by atoms with Crippen LogP contribution in [0, 0.1) is 5.82 Å². The average Bonchev–Trinajstić information content (AvgIpc) is 2.62. The fourth-order valence-corrected chi connectivity index (χ4v) is 2.98. The first-order valence-electron chi connectivity index (χ1n) is 8.61. The summed E-state index contributed by atoms with van der Waals surface area (Å²) in [5.41, 5.74) is 1.30. The van der Waals surface area contributed by atoms with Gasteiger partial charge in [-0.1, -0.05) is 19.1 Å². The van der Waals surface area contributed by atoms with Gasteiger partial charge in [-0.05, 0) is 36.4 Å². The second-order valence-electron chi connectivity index (χ2n) is 6.18. The van der Waals surface area contributed by atoms with Gasteiger partial charge in [-0.25, -0.2) is 9.37 Å². The molecule has 25 heavy (non-hydrogen) atoms. The highest BCUT2D eigenvalue weighted by Crippen LogP contribution is 2.16. The number of hydrogen-bond donors (Lipinski definition) is 1. The Morgan fingerprint density at radius 3 is 2.64 bits per heavy atom. The zero-order valence-electron chi connectivity index (χ0n) is 14.4. The lowest BCUT2D eigenvalue weighted by Gasteiger charge is -2.34. The predicted octanol–water partition coefficient (Wildman–Crippen LogP) is 2.54. The van der Waals surface area contributed by atoms with Crippen molar-refractivity contribution in [2.24, 2.45) is 0 Å². The van der Waals surface area contributed by atoms with E-state index >= 15 is 0 Å². The number of anilines is 2. The molecule has 2 aromatic rings. The highest BCUT2D eigenvalue weighted by molar-refractivity contribution is 5.92. The van der Waals surface area contributed by atoms with Gasteiger partial charge in [0.1, 0.15) is 11.6 Å². The van der Waals surface area contributed by atoms with Gasteiger partial charge in [-0.3, -0.25) is 4.79 Å². The van der Waals surface area contributed by atoms with E-state index < -0.39 is 0 Å². The molecule has 0 spiro atoms. The van der Waals surface area contributed by atoms with Crippen molar-refractivity contribution in [2.75, 3.05) is 42.9 Å². The number of halogens is 1. The summed E-state index contributed by atoms with van der Waals surface area (Å²) in [6, 6.07) is 9.87. The molecule has 0 atom stereocenters. The van der Waals surface area contributed by atoms with Crippen LogP contribution < -0.4 is 10.2 Å². The zero-order valence-corrected chi connectivity index (χ0v) is 14.4. The molecule has 0 bridgehead atoms. The van der Waals surface area contributed by atoms with Gasteiger partial charge >= 0.3 is 0 Å². The Labute approximate surface area is 147 Å². The first-order chi connectivity index (χ1) is 12.1. The molecule has 1 aromatic carbocycles. The second kappa shape index (κ2) is 8.07. The lowest BCUT2D eigenvalue weighted by Crippen LogP contribution is -2.46. The van der Waals surface area contributed by atoms with Crippen LogP contribution in [-0.4, -0.2) is 48.5 Å². The minimum Gasteiger partial charge on any atom is -0.354 e. The number of benzene rings is 1. The monoisotopic (exact) mass is 342 g/mol. The molecule has 6 heteroatoms. The normalized spacial score (nSPS) is 15.2. The van der Waals surface area contributed by atoms with Crippen molar-refractivity contribution in [1.82, 2.24) is 9.88 Å². The number of piperazine rings is 1. The van der Waals surface area contributed by atoms with E-state index in [0.717, 1.165) is 38.5 Å². The second-order valence-corrected chi connectivity index (χ2v) is 6.18. The van der Waals surface area contributed by atoms with Gasteiger partial charge < -0.3 is 15.1 Å². The lowest BCUT2D eigenvalue weighted by molar-refractivity contribution is -0.115. The molecule has 0 unspecified atom stereocenters. The Kier molecular flexibility index (Phi) is 5.60. The van der Waals surface area contributed by atoms with E-state index in [1.807, 2.05) is 12.1 Å². The molecule has 1 aliphatic rings. The molecule has 1 N–H and O–H groups in total. The number of hydrogen-bond acceptors (Lipinski definition) is 4. The molecule has 1 aromatic heterocycles. The smallest absolute Gasteiger partial charge is 0.228 e. The summed E-state index contributed by atoms with van der Waals surface area (Å²) < 4.78 is 13.2. The molecule has 5 nitrogen and oxygen atoms in total. The van der Waals surface area contributed by atoms with E-state index in [9.17, 15) is 9.18 Å². The molecule has 1 amide bonds. The number of amides is 1. The Morgan fingerprint density at radius 2 is 2.00 bits per heavy atom. The van der Waals surface area contributed by atoms with Crippen LogP contribution in [0.2, 0.25) is 0 Å². The number of pyridine rings is 1. The van der Waals surface area contributed by atoms with Crippen molar-refractivity contribution < 1.29 is 9.18 Å². The van der Waals surface area contributed by atoms with Crippen molar-refractivity contribution in [3.05, 3.63) is 54.0 Å². The molecule has 1 saturated heterocycles. The quantitative estimate of drug-likeness (QED) is 0.907. The maximum absolute atomic E-state index is 13.2. The van der Waals surface area contributed by atoms with Crippen molar-refractivity contribution in [3.8, 4) is 0 Å². The molecule has 3 rings (SSSR count). The van der Waals surface area contributed by atoms with E-state index in [2.05, 4.69) is 27.0 Å². The summed E-state index contributed by atoms with van der Waals surface area (Å²) in [6.45, 7) is 7.28. The van der Waals surface area contributed by atoms with Crippen LogP contribution >= 0.6 is 0 Å². The van der Waals surface area contributed by atoms with Crippen LogP contribution in [0.4, 0.5) is 15.9 Å². The summed E-state index contributed by atoms with van der Waals surface area (Å²) in [5.74, 6) is 0.412. The van der Waals surface area contributed by atoms with Gasteiger partial charge in [-0.2, -0.15) is 0 Å². The summed E-state index contributed by atoms with van der Waals surface area (Å²) in [4.78, 5) is 21.2. The summed E-state index contributed by atoms with van der Waals surface area (Å²) in [5, 5.41) is 2.81. The maximum atomic E-state index is 13.2. The molecule has 2 heterocycles. The Morgan fingerprint density at radius 1 is 1.20 bits per heavy atom. The van der Waals surface area contributed by atoms with Gasteiger partial charge in [0.2, 0.25) is 5.91 Å². The first-order valence-corrected chi connectivity index (χ1v) is 8.61. The van der Waals surface area contributed by atoms with E-state index in [1.54, 1.807) is 18.3 Å². The molecular weight excluding hydrogens is 319 g/mol. The third kappa shape index (κ3) is 4.76. The van der Waals surface area contributed by atoms with Gasteiger partial charge in [-0.15, -0.1) is 0 Å². The molecule has 1 aliphatic heterocycles. The molecule has 0 saturated carbocycles. The topological polar surface area (TPSA) is 48.5 Å². The van der Waals surface area contributed by atoms with Crippen molar-refractivity contribution in [1.29, 1.82) is 0 Å². The Hall–Kier alpha value is -2.47. The van der Waals surface area contributed by atoms with E-state index in [-0.39, 0.29) is 18.1 Å². The fourth-order valence-electron chi connectivity index (χ4n) is 2.98. The summed E-state index contributed by atoms with van der Waals surface area (Å²) >= 11 is 0. The van der Waals surface area contributed by atoms with Crippen molar-refractivity contribution >= 4 is 17.4 Å². The number of nitrogens with one attached hydrogen (secondary N) is 1. The van der Waals surface area contributed by atoms with E-state index in [4.69, 9.17) is 0 Å². The number of rotatable bonds is 5. The third-order valence-corrected chi connectivity index (χ3v) is 4.43. The zero-order chi connectivity index (χ0) is 17.6. The van der Waals surface area contributed by atoms with Crippen LogP contribution in [0.3, 0.4) is 0 Å². The standard InChI is InChI=1S/C19H23FN4O/c1-2-23-8-10-24(11-9-23)18-7-6-17(14-21-18)22-19(25)13-15-4-3-5-16(20)12-15/h3-7,12,14H,2,8-11,13H2,1H3,(H,22,25). The molecule has 1 fully saturated rings. The fraction of sp³-hybridized carbons (Fsp3) is 0.368. The minimum atomic E-state index is -0.334. The van der Waals surface area contributed by atoms with Crippen LogP contribution in [0.5, 0.6) is 0 Å². The maximum Gasteiger partial charge on any atom is 0.228 e. The SMILES string of the molecule is CCN1CCN(c2ccc(NC(=O)Cc3cccc(F)c3)cn2)CC1. The summed E-state index contributed by atoms with van der Waals surface area (Å²) in [6.07, 6.45) is 1.81.